The van der Waals surface area contributed by atoms with Crippen molar-refractivity contribution >= 4 is 36.8 Å². The van der Waals surface area contributed by atoms with Crippen LogP contribution >= 0.6 is 22.6 Å². The third-order valence-corrected chi connectivity index (χ3v) is 5.71. The van der Waals surface area contributed by atoms with Crippen molar-refractivity contribution in [2.24, 2.45) is 0 Å². The van der Waals surface area contributed by atoms with Gasteiger partial charge in [0.05, 0.1) is 6.61 Å². The van der Waals surface area contributed by atoms with Crippen molar-refractivity contribution in [2.75, 3.05) is 19.7 Å². The van der Waals surface area contributed by atoms with Gasteiger partial charge in [0.25, 0.3) is 0 Å². The van der Waals surface area contributed by atoms with Gasteiger partial charge in [-0.05, 0) is 18.9 Å². The predicted molar refractivity (Wildman–Crippen MR) is 78.1 cm³/mol. The topological polar surface area (TPSA) is 29.5 Å². The van der Waals surface area contributed by atoms with Crippen LogP contribution in [0.3, 0.4) is 0 Å². The first-order valence-electron chi connectivity index (χ1n) is 5.94. The lowest BCUT2D eigenvalue weighted by Gasteiger charge is -2.29. The van der Waals surface area contributed by atoms with Gasteiger partial charge in [-0.2, -0.15) is 0 Å². The third kappa shape index (κ3) is 5.52. The van der Waals surface area contributed by atoms with Crippen LogP contribution in [0.1, 0.15) is 12.8 Å². The minimum Gasteiger partial charge on any atom is -0.450 e. The van der Waals surface area contributed by atoms with Crippen LogP contribution in [0, 0.1) is 0 Å². The van der Waals surface area contributed by atoms with E-state index in [1.807, 2.05) is 4.90 Å². The smallest absolute Gasteiger partial charge is 0.409 e. The number of hydrogen-bond donors (Lipinski definition) is 0. The highest BCUT2D eigenvalue weighted by molar-refractivity contribution is 14.1. The monoisotopic (exact) mass is 355 g/mol. The van der Waals surface area contributed by atoms with E-state index in [4.69, 9.17) is 4.74 Å². The minimum absolute atomic E-state index is 0.110. The number of likely N-dealkylation sites (tertiary alicyclic amines) is 1. The lowest BCUT2D eigenvalue weighted by molar-refractivity contribution is 0.101. The number of alkyl halides is 1. The molecule has 1 rings (SSSR count). The quantitative estimate of drug-likeness (QED) is 0.441. The van der Waals surface area contributed by atoms with Crippen molar-refractivity contribution in [3.63, 3.8) is 0 Å². The van der Waals surface area contributed by atoms with Crippen molar-refractivity contribution in [1.29, 1.82) is 0 Å². The number of carbonyl (C=O) groups is 1. The number of nitrogens with zero attached hydrogens (tertiary/aromatic N) is 1. The summed E-state index contributed by atoms with van der Waals surface area (Å²) in [5.41, 5.74) is 0. The molecular formula is C11H22INO2Si. The molecule has 0 N–H and O–H groups in total. The molecule has 0 aliphatic carbocycles. The van der Waals surface area contributed by atoms with Crippen LogP contribution in [0.15, 0.2) is 0 Å². The zero-order valence-corrected chi connectivity index (χ0v) is 13.6. The lowest BCUT2D eigenvalue weighted by Crippen LogP contribution is -2.39. The van der Waals surface area contributed by atoms with Gasteiger partial charge in [-0.1, -0.05) is 42.2 Å². The Morgan fingerprint density at radius 3 is 2.44 bits per heavy atom. The van der Waals surface area contributed by atoms with E-state index < -0.39 is 8.07 Å². The Morgan fingerprint density at radius 1 is 1.38 bits per heavy atom. The highest BCUT2D eigenvalue weighted by atomic mass is 127. The summed E-state index contributed by atoms with van der Waals surface area (Å²) in [6, 6.07) is 1.06. The van der Waals surface area contributed by atoms with Crippen LogP contribution in [0.2, 0.25) is 25.7 Å². The van der Waals surface area contributed by atoms with E-state index in [-0.39, 0.29) is 6.09 Å². The molecule has 0 atom stereocenters. The van der Waals surface area contributed by atoms with E-state index >= 15 is 0 Å². The number of ether oxygens (including phenoxy) is 1. The maximum absolute atomic E-state index is 11.7. The van der Waals surface area contributed by atoms with Crippen LogP contribution in [0.25, 0.3) is 0 Å². The van der Waals surface area contributed by atoms with Crippen molar-refractivity contribution < 1.29 is 9.53 Å². The number of halogens is 1. The Bertz CT molecular complexity index is 235. The number of hydrogen-bond acceptors (Lipinski definition) is 2. The first-order chi connectivity index (χ1) is 7.38. The fourth-order valence-electron chi connectivity index (χ4n) is 1.57. The van der Waals surface area contributed by atoms with Gasteiger partial charge in [0, 0.05) is 25.1 Å². The summed E-state index contributed by atoms with van der Waals surface area (Å²) in [7, 11) is -1.08. The molecule has 1 amide bonds. The van der Waals surface area contributed by atoms with Gasteiger partial charge in [-0.3, -0.25) is 0 Å². The van der Waals surface area contributed by atoms with Gasteiger partial charge < -0.3 is 9.64 Å². The summed E-state index contributed by atoms with van der Waals surface area (Å²) in [4.78, 5) is 13.6. The second kappa shape index (κ2) is 6.23. The van der Waals surface area contributed by atoms with Crippen LogP contribution < -0.4 is 0 Å². The van der Waals surface area contributed by atoms with Crippen LogP contribution in [-0.4, -0.2) is 42.7 Å². The van der Waals surface area contributed by atoms with E-state index in [9.17, 15) is 4.79 Å². The summed E-state index contributed by atoms with van der Waals surface area (Å²) in [5, 5.41) is 0. The Labute approximate surface area is 113 Å². The average molecular weight is 355 g/mol. The summed E-state index contributed by atoms with van der Waals surface area (Å²) in [5.74, 6) is 0. The molecule has 0 aromatic rings. The van der Waals surface area contributed by atoms with Gasteiger partial charge in [0.1, 0.15) is 0 Å². The molecule has 0 unspecified atom stereocenters. The highest BCUT2D eigenvalue weighted by Crippen LogP contribution is 2.18. The van der Waals surface area contributed by atoms with Crippen LogP contribution in [-0.2, 0) is 4.74 Å². The number of carbonyl (C=O) groups excluding carboxylic acids is 1. The zero-order valence-electron chi connectivity index (χ0n) is 10.5. The van der Waals surface area contributed by atoms with Gasteiger partial charge in [0.2, 0.25) is 0 Å². The molecular weight excluding hydrogens is 333 g/mol. The molecule has 1 aliphatic rings. The number of amides is 1. The maximum atomic E-state index is 11.7. The van der Waals surface area contributed by atoms with E-state index in [1.165, 1.54) is 0 Å². The van der Waals surface area contributed by atoms with Crippen LogP contribution in [0.4, 0.5) is 4.79 Å². The van der Waals surface area contributed by atoms with Crippen molar-refractivity contribution in [1.82, 2.24) is 4.90 Å². The standard InChI is InChI=1S/C11H22INO2Si/c1-16(2,3)9-8-15-11(14)13-6-4-10(12)5-7-13/h10H,4-9H2,1-3H3. The highest BCUT2D eigenvalue weighted by Gasteiger charge is 2.22. The fourth-order valence-corrected chi connectivity index (χ4v) is 2.84. The molecule has 0 bridgehead atoms. The largest absolute Gasteiger partial charge is 0.450 e. The molecule has 0 aromatic carbocycles. The van der Waals surface area contributed by atoms with Gasteiger partial charge in [-0.15, -0.1) is 0 Å². The summed E-state index contributed by atoms with van der Waals surface area (Å²) < 4.78 is 6.04. The van der Waals surface area contributed by atoms with Gasteiger partial charge in [-0.25, -0.2) is 4.79 Å². The minimum atomic E-state index is -1.08. The lowest BCUT2D eigenvalue weighted by atomic mass is 10.1. The molecule has 3 nitrogen and oxygen atoms in total. The molecule has 1 heterocycles. The molecule has 1 saturated heterocycles. The molecule has 0 spiro atoms. The second-order valence-corrected chi connectivity index (χ2v) is 13.0. The Morgan fingerprint density at radius 2 is 1.94 bits per heavy atom. The van der Waals surface area contributed by atoms with Crippen molar-refractivity contribution in [3.8, 4) is 0 Å². The van der Waals surface area contributed by atoms with Crippen molar-refractivity contribution in [3.05, 3.63) is 0 Å². The molecule has 94 valence electrons. The molecule has 0 aromatic heterocycles. The van der Waals surface area contributed by atoms with Gasteiger partial charge in [0.15, 0.2) is 0 Å². The zero-order chi connectivity index (χ0) is 12.2. The summed E-state index contributed by atoms with van der Waals surface area (Å²) in [6.07, 6.45) is 2.09. The van der Waals surface area contributed by atoms with Gasteiger partial charge >= 0.3 is 6.09 Å². The Hall–Kier alpha value is 0.217. The fraction of sp³-hybridized carbons (Fsp3) is 0.909. The SMILES string of the molecule is C[Si](C)(C)CCOC(=O)N1CCC(I)CC1. The Balaban J connectivity index is 2.20. The summed E-state index contributed by atoms with van der Waals surface area (Å²) >= 11 is 2.46. The summed E-state index contributed by atoms with van der Waals surface area (Å²) in [6.45, 7) is 9.20. The average Bonchev–Trinajstić information content (AvgIpc) is 2.16. The van der Waals surface area contributed by atoms with E-state index in [1.54, 1.807) is 0 Å². The normalized spacial score (nSPS) is 18.6. The number of piperidine rings is 1. The molecule has 0 radical (unpaired) electrons. The molecule has 1 fully saturated rings. The van der Waals surface area contributed by atoms with E-state index in [0.717, 1.165) is 35.9 Å². The Kier molecular flexibility index (Phi) is 5.56. The molecule has 16 heavy (non-hydrogen) atoms. The second-order valence-electron chi connectivity index (χ2n) is 5.59. The molecule has 1 aliphatic heterocycles. The van der Waals surface area contributed by atoms with Crippen LogP contribution in [0.5, 0.6) is 0 Å². The van der Waals surface area contributed by atoms with Crippen molar-refractivity contribution in [2.45, 2.75) is 42.5 Å². The third-order valence-electron chi connectivity index (χ3n) is 2.76. The maximum Gasteiger partial charge on any atom is 0.409 e. The van der Waals surface area contributed by atoms with E-state index in [2.05, 4.69) is 42.2 Å². The van der Waals surface area contributed by atoms with E-state index in [0.29, 0.717) is 6.61 Å². The molecule has 0 saturated carbocycles. The number of rotatable bonds is 3. The first-order valence-corrected chi connectivity index (χ1v) is 10.9. The molecule has 5 heteroatoms. The predicted octanol–water partition coefficient (Wildman–Crippen LogP) is 3.36. The first kappa shape index (κ1) is 14.3.